The van der Waals surface area contributed by atoms with Gasteiger partial charge in [0.25, 0.3) is 0 Å². The molecule has 2 fully saturated rings. The lowest BCUT2D eigenvalue weighted by molar-refractivity contribution is 0.175. The number of hydrogen-bond acceptors (Lipinski definition) is 3. The predicted molar refractivity (Wildman–Crippen MR) is 127 cm³/mol. The van der Waals surface area contributed by atoms with E-state index in [1.165, 1.54) is 81.0 Å². The molecule has 3 rings (SSSR count). The van der Waals surface area contributed by atoms with Crippen LogP contribution in [0.1, 0.15) is 56.9 Å². The van der Waals surface area contributed by atoms with Gasteiger partial charge in [-0.1, -0.05) is 15.9 Å². The number of nitrogens with two attached hydrogens (primary N) is 1. The molecule has 1 saturated heterocycles. The fourth-order valence-corrected chi connectivity index (χ4v) is 5.05. The molecule has 1 aliphatic heterocycles. The van der Waals surface area contributed by atoms with Crippen molar-refractivity contribution in [3.8, 4) is 5.75 Å². The fraction of sp³-hybridized carbons (Fsp3) is 0.727. The number of piperidine rings is 1. The highest BCUT2D eigenvalue weighted by atomic mass is 79.9. The second-order valence-electron chi connectivity index (χ2n) is 8.37. The van der Waals surface area contributed by atoms with Crippen LogP contribution in [0.2, 0.25) is 0 Å². The lowest BCUT2D eigenvalue weighted by Crippen LogP contribution is -2.35. The minimum Gasteiger partial charge on any atom is -0.497 e. The van der Waals surface area contributed by atoms with E-state index in [1.807, 2.05) is 6.07 Å². The number of likely N-dealkylation sites (tertiary alicyclic amines) is 1. The van der Waals surface area contributed by atoms with E-state index in [0.717, 1.165) is 24.0 Å². The van der Waals surface area contributed by atoms with Gasteiger partial charge in [-0.3, -0.25) is 0 Å². The van der Waals surface area contributed by atoms with Crippen molar-refractivity contribution in [3.63, 3.8) is 0 Å². The molecule has 0 bridgehead atoms. The van der Waals surface area contributed by atoms with E-state index in [0.29, 0.717) is 6.04 Å². The Morgan fingerprint density at radius 2 is 1.71 bits per heavy atom. The summed E-state index contributed by atoms with van der Waals surface area (Å²) in [6, 6.07) is 6.80. The molecule has 0 atom stereocenters. The lowest BCUT2D eigenvalue weighted by Gasteiger charge is -2.33. The normalized spacial score (nSPS) is 23.5. The van der Waals surface area contributed by atoms with E-state index >= 15 is 0 Å². The summed E-state index contributed by atoms with van der Waals surface area (Å²) in [4.78, 5) is 2.69. The van der Waals surface area contributed by atoms with Gasteiger partial charge in [0.2, 0.25) is 0 Å². The zero-order chi connectivity index (χ0) is 18.4. The maximum atomic E-state index is 6.02. The number of hydrogen-bond donors (Lipinski definition) is 1. The van der Waals surface area contributed by atoms with E-state index in [1.54, 1.807) is 7.11 Å². The van der Waals surface area contributed by atoms with E-state index in [9.17, 15) is 0 Å². The summed E-state index contributed by atoms with van der Waals surface area (Å²) in [6.45, 7) is 3.82. The largest absolute Gasteiger partial charge is 0.497 e. The van der Waals surface area contributed by atoms with Crippen molar-refractivity contribution in [2.45, 2.75) is 63.8 Å². The highest BCUT2D eigenvalue weighted by Gasteiger charge is 2.22. The van der Waals surface area contributed by atoms with Crippen LogP contribution in [0.15, 0.2) is 22.7 Å². The van der Waals surface area contributed by atoms with Gasteiger partial charge in [0, 0.05) is 10.5 Å². The van der Waals surface area contributed by atoms with Gasteiger partial charge in [0.05, 0.1) is 7.11 Å². The van der Waals surface area contributed by atoms with Crippen LogP contribution in [0.25, 0.3) is 0 Å². The van der Waals surface area contributed by atoms with Crippen molar-refractivity contribution in [1.82, 2.24) is 4.90 Å². The summed E-state index contributed by atoms with van der Waals surface area (Å²) in [5.74, 6) is 2.71. The highest BCUT2D eigenvalue weighted by Crippen LogP contribution is 2.30. The number of ether oxygens (including phenoxy) is 1. The Hall–Kier alpha value is -0.000000000000000111. The van der Waals surface area contributed by atoms with Crippen LogP contribution in [-0.4, -0.2) is 37.7 Å². The smallest absolute Gasteiger partial charge is 0.119 e. The first-order valence-electron chi connectivity index (χ1n) is 10.4. The Kier molecular flexibility index (Phi) is 12.4. The second-order valence-corrected chi connectivity index (χ2v) is 9.22. The van der Waals surface area contributed by atoms with Crippen LogP contribution in [0, 0.1) is 11.8 Å². The molecule has 1 saturated carbocycles. The van der Waals surface area contributed by atoms with Gasteiger partial charge in [0.1, 0.15) is 5.75 Å². The van der Waals surface area contributed by atoms with Crippen LogP contribution in [0.3, 0.4) is 0 Å². The molecule has 1 aromatic rings. The molecule has 2 aliphatic rings. The Labute approximate surface area is 192 Å². The maximum Gasteiger partial charge on any atom is 0.119 e. The molecule has 0 amide bonds. The topological polar surface area (TPSA) is 38.5 Å². The summed E-state index contributed by atoms with van der Waals surface area (Å²) in [5.41, 5.74) is 7.41. The van der Waals surface area contributed by atoms with Gasteiger partial charge in [0.15, 0.2) is 0 Å². The standard InChI is InChI=1S/C22H35BrN2O.2ClH/c1-26-21-8-9-22(23)19(16-21)15-18-10-13-25(14-11-18)12-2-3-17-4-6-20(24)7-5-17;;/h8-9,16-18,20H,2-7,10-15,24H2,1H3;2*1H/t17-,20+;;. The van der Waals surface area contributed by atoms with Crippen LogP contribution < -0.4 is 10.5 Å². The molecular weight excluding hydrogens is 459 g/mol. The van der Waals surface area contributed by atoms with Crippen molar-refractivity contribution in [2.75, 3.05) is 26.7 Å². The molecule has 6 heteroatoms. The van der Waals surface area contributed by atoms with Gasteiger partial charge in [-0.05, 0) is 113 Å². The third-order valence-corrected chi connectivity index (χ3v) is 7.22. The summed E-state index contributed by atoms with van der Waals surface area (Å²) < 4.78 is 6.60. The summed E-state index contributed by atoms with van der Waals surface area (Å²) in [5, 5.41) is 0. The molecule has 1 aromatic carbocycles. The molecule has 162 valence electrons. The maximum absolute atomic E-state index is 6.02. The van der Waals surface area contributed by atoms with Crippen LogP contribution in [0.5, 0.6) is 5.75 Å². The van der Waals surface area contributed by atoms with Gasteiger partial charge in [-0.25, -0.2) is 0 Å². The fourth-order valence-electron chi connectivity index (χ4n) is 4.64. The second kappa shape index (κ2) is 13.3. The van der Waals surface area contributed by atoms with E-state index in [2.05, 4.69) is 33.0 Å². The Morgan fingerprint density at radius 3 is 2.36 bits per heavy atom. The summed E-state index contributed by atoms with van der Waals surface area (Å²) in [6.07, 6.45) is 11.8. The van der Waals surface area contributed by atoms with Gasteiger partial charge >= 0.3 is 0 Å². The highest BCUT2D eigenvalue weighted by molar-refractivity contribution is 9.10. The zero-order valence-corrected chi connectivity index (χ0v) is 20.3. The first-order chi connectivity index (χ1) is 12.6. The van der Waals surface area contributed by atoms with Crippen LogP contribution >= 0.6 is 40.7 Å². The summed E-state index contributed by atoms with van der Waals surface area (Å²) in [7, 11) is 1.74. The molecule has 0 spiro atoms. The molecular formula is C22H37BrCl2N2O. The Bertz CT molecular complexity index is 559. The number of methoxy groups -OCH3 is 1. The van der Waals surface area contributed by atoms with Gasteiger partial charge < -0.3 is 15.4 Å². The average Bonchev–Trinajstić information content (AvgIpc) is 2.66. The average molecular weight is 496 g/mol. The van der Waals surface area contributed by atoms with Crippen molar-refractivity contribution >= 4 is 40.7 Å². The van der Waals surface area contributed by atoms with Gasteiger partial charge in [-0.15, -0.1) is 24.8 Å². The summed E-state index contributed by atoms with van der Waals surface area (Å²) >= 11 is 3.70. The quantitative estimate of drug-likeness (QED) is 0.515. The monoisotopic (exact) mass is 494 g/mol. The minimum absolute atomic E-state index is 0. The first kappa shape index (κ1) is 26.0. The molecule has 0 aromatic heterocycles. The van der Waals surface area contributed by atoms with E-state index in [4.69, 9.17) is 10.5 Å². The van der Waals surface area contributed by atoms with E-state index in [-0.39, 0.29) is 24.8 Å². The molecule has 0 radical (unpaired) electrons. The zero-order valence-electron chi connectivity index (χ0n) is 17.1. The lowest BCUT2D eigenvalue weighted by atomic mass is 9.83. The molecule has 3 nitrogen and oxygen atoms in total. The molecule has 1 aliphatic carbocycles. The SMILES string of the molecule is COc1ccc(Br)c(CC2CCN(CCC[C@H]3CC[C@@H](N)CC3)CC2)c1.Cl.Cl. The van der Waals surface area contributed by atoms with Gasteiger partial charge in [-0.2, -0.15) is 0 Å². The predicted octanol–water partition coefficient (Wildman–Crippen LogP) is 5.85. The third kappa shape index (κ3) is 8.02. The number of rotatable bonds is 7. The first-order valence-corrected chi connectivity index (χ1v) is 11.2. The number of benzene rings is 1. The number of nitrogens with zero attached hydrogens (tertiary/aromatic N) is 1. The van der Waals surface area contributed by atoms with Crippen molar-refractivity contribution < 1.29 is 4.74 Å². The van der Waals surface area contributed by atoms with Crippen LogP contribution in [-0.2, 0) is 6.42 Å². The number of halogens is 3. The van der Waals surface area contributed by atoms with E-state index < -0.39 is 0 Å². The van der Waals surface area contributed by atoms with Crippen molar-refractivity contribution in [3.05, 3.63) is 28.2 Å². The molecule has 1 heterocycles. The van der Waals surface area contributed by atoms with Crippen molar-refractivity contribution in [2.24, 2.45) is 17.6 Å². The molecule has 2 N–H and O–H groups in total. The Balaban J connectivity index is 0.00000196. The minimum atomic E-state index is 0. The van der Waals surface area contributed by atoms with Crippen molar-refractivity contribution in [1.29, 1.82) is 0 Å². The third-order valence-electron chi connectivity index (χ3n) is 6.45. The Morgan fingerprint density at radius 1 is 1.04 bits per heavy atom. The molecule has 28 heavy (non-hydrogen) atoms. The van der Waals surface area contributed by atoms with Crippen LogP contribution in [0.4, 0.5) is 0 Å². The molecule has 0 unspecified atom stereocenters.